The van der Waals surface area contributed by atoms with Crippen molar-refractivity contribution in [2.75, 3.05) is 39.3 Å². The SMILES string of the molecule is CCN1CCN(C(CN)CC(C)C)CC1. The molecule has 0 amide bonds. The zero-order valence-electron chi connectivity index (χ0n) is 10.6. The van der Waals surface area contributed by atoms with Gasteiger partial charge in [0, 0.05) is 38.8 Å². The molecule has 3 nitrogen and oxygen atoms in total. The quantitative estimate of drug-likeness (QED) is 0.739. The van der Waals surface area contributed by atoms with Crippen molar-refractivity contribution >= 4 is 0 Å². The lowest BCUT2D eigenvalue weighted by Crippen LogP contribution is -2.52. The first-order valence-electron chi connectivity index (χ1n) is 6.33. The van der Waals surface area contributed by atoms with Crippen molar-refractivity contribution in [1.82, 2.24) is 9.80 Å². The zero-order chi connectivity index (χ0) is 11.3. The van der Waals surface area contributed by atoms with Crippen molar-refractivity contribution in [1.29, 1.82) is 0 Å². The Labute approximate surface area is 94.6 Å². The highest BCUT2D eigenvalue weighted by molar-refractivity contribution is 4.79. The van der Waals surface area contributed by atoms with E-state index in [1.807, 2.05) is 0 Å². The predicted molar refractivity (Wildman–Crippen MR) is 66.0 cm³/mol. The summed E-state index contributed by atoms with van der Waals surface area (Å²) in [6, 6.07) is 0.601. The predicted octanol–water partition coefficient (Wildman–Crippen LogP) is 0.997. The first kappa shape index (κ1) is 12.9. The molecular weight excluding hydrogens is 186 g/mol. The van der Waals surface area contributed by atoms with E-state index in [4.69, 9.17) is 5.73 Å². The van der Waals surface area contributed by atoms with E-state index in [1.165, 1.54) is 39.1 Å². The van der Waals surface area contributed by atoms with Gasteiger partial charge in [0.05, 0.1) is 0 Å². The number of nitrogens with two attached hydrogens (primary N) is 1. The molecule has 0 saturated carbocycles. The summed E-state index contributed by atoms with van der Waals surface area (Å²) >= 11 is 0. The van der Waals surface area contributed by atoms with Gasteiger partial charge in [-0.2, -0.15) is 0 Å². The van der Waals surface area contributed by atoms with Gasteiger partial charge in [0.2, 0.25) is 0 Å². The molecule has 0 aliphatic carbocycles. The van der Waals surface area contributed by atoms with E-state index < -0.39 is 0 Å². The molecule has 1 rings (SSSR count). The third-order valence-corrected chi connectivity index (χ3v) is 3.39. The molecule has 90 valence electrons. The van der Waals surface area contributed by atoms with Crippen molar-refractivity contribution < 1.29 is 0 Å². The van der Waals surface area contributed by atoms with Crippen LogP contribution in [0.1, 0.15) is 27.2 Å². The Morgan fingerprint density at radius 3 is 2.13 bits per heavy atom. The molecule has 0 aromatic rings. The first-order valence-corrected chi connectivity index (χ1v) is 6.33. The van der Waals surface area contributed by atoms with Gasteiger partial charge in [0.15, 0.2) is 0 Å². The van der Waals surface area contributed by atoms with E-state index in [0.717, 1.165) is 12.5 Å². The van der Waals surface area contributed by atoms with Crippen LogP contribution in [0.25, 0.3) is 0 Å². The van der Waals surface area contributed by atoms with Crippen molar-refractivity contribution in [3.05, 3.63) is 0 Å². The number of piperazine rings is 1. The number of hydrogen-bond donors (Lipinski definition) is 1. The maximum atomic E-state index is 5.86. The molecule has 1 unspecified atom stereocenters. The summed E-state index contributed by atoms with van der Waals surface area (Å²) in [5.74, 6) is 0.753. The Kier molecular flexibility index (Phi) is 5.58. The third kappa shape index (κ3) is 4.09. The molecule has 1 aliphatic heterocycles. The van der Waals surface area contributed by atoms with Crippen molar-refractivity contribution in [2.45, 2.75) is 33.2 Å². The van der Waals surface area contributed by atoms with Gasteiger partial charge in [-0.15, -0.1) is 0 Å². The van der Waals surface area contributed by atoms with E-state index in [-0.39, 0.29) is 0 Å². The highest BCUT2D eigenvalue weighted by atomic mass is 15.3. The van der Waals surface area contributed by atoms with Crippen LogP contribution in [0, 0.1) is 5.92 Å². The summed E-state index contributed by atoms with van der Waals surface area (Å²) in [7, 11) is 0. The van der Waals surface area contributed by atoms with Crippen molar-refractivity contribution in [3.8, 4) is 0 Å². The smallest absolute Gasteiger partial charge is 0.0221 e. The van der Waals surface area contributed by atoms with E-state index in [9.17, 15) is 0 Å². The summed E-state index contributed by atoms with van der Waals surface area (Å²) in [4.78, 5) is 5.09. The van der Waals surface area contributed by atoms with E-state index >= 15 is 0 Å². The monoisotopic (exact) mass is 213 g/mol. The van der Waals surface area contributed by atoms with Crippen LogP contribution in [0.3, 0.4) is 0 Å². The molecule has 0 radical (unpaired) electrons. The highest BCUT2D eigenvalue weighted by Crippen LogP contribution is 2.13. The van der Waals surface area contributed by atoms with Crippen LogP contribution in [-0.4, -0.2) is 55.1 Å². The minimum absolute atomic E-state index is 0.601. The fraction of sp³-hybridized carbons (Fsp3) is 1.00. The van der Waals surface area contributed by atoms with Gasteiger partial charge < -0.3 is 10.6 Å². The maximum Gasteiger partial charge on any atom is 0.0221 e. The number of rotatable bonds is 5. The van der Waals surface area contributed by atoms with Crippen LogP contribution in [0.15, 0.2) is 0 Å². The van der Waals surface area contributed by atoms with Crippen molar-refractivity contribution in [3.63, 3.8) is 0 Å². The molecule has 3 heteroatoms. The lowest BCUT2D eigenvalue weighted by Gasteiger charge is -2.39. The van der Waals surface area contributed by atoms with Crippen LogP contribution in [0.2, 0.25) is 0 Å². The number of likely N-dealkylation sites (N-methyl/N-ethyl adjacent to an activating group) is 1. The standard InChI is InChI=1S/C12H27N3/c1-4-14-5-7-15(8-6-14)12(10-13)9-11(2)3/h11-12H,4-10,13H2,1-3H3. The summed E-state index contributed by atoms with van der Waals surface area (Å²) < 4.78 is 0. The third-order valence-electron chi connectivity index (χ3n) is 3.39. The molecule has 0 spiro atoms. The van der Waals surface area contributed by atoms with Gasteiger partial charge in [0.25, 0.3) is 0 Å². The minimum atomic E-state index is 0.601. The fourth-order valence-corrected chi connectivity index (χ4v) is 2.38. The summed E-state index contributed by atoms with van der Waals surface area (Å²) in [5.41, 5.74) is 5.86. The average molecular weight is 213 g/mol. The maximum absolute atomic E-state index is 5.86. The van der Waals surface area contributed by atoms with Crippen LogP contribution in [0.4, 0.5) is 0 Å². The molecule has 1 saturated heterocycles. The number of nitrogens with zero attached hydrogens (tertiary/aromatic N) is 2. The summed E-state index contributed by atoms with van der Waals surface area (Å²) in [6.07, 6.45) is 1.24. The van der Waals surface area contributed by atoms with E-state index in [2.05, 4.69) is 30.6 Å². The van der Waals surface area contributed by atoms with Crippen LogP contribution in [0.5, 0.6) is 0 Å². The molecular formula is C12H27N3. The van der Waals surface area contributed by atoms with Gasteiger partial charge in [-0.05, 0) is 18.9 Å². The Balaban J connectivity index is 2.35. The van der Waals surface area contributed by atoms with Crippen molar-refractivity contribution in [2.24, 2.45) is 11.7 Å². The second-order valence-corrected chi connectivity index (χ2v) is 4.99. The van der Waals surface area contributed by atoms with E-state index in [0.29, 0.717) is 6.04 Å². The average Bonchev–Trinajstić information content (AvgIpc) is 2.26. The minimum Gasteiger partial charge on any atom is -0.329 e. The normalized spacial score (nSPS) is 22.2. The molecule has 0 bridgehead atoms. The first-order chi connectivity index (χ1) is 7.17. The molecule has 1 heterocycles. The molecule has 1 atom stereocenters. The Morgan fingerprint density at radius 2 is 1.73 bits per heavy atom. The van der Waals surface area contributed by atoms with Gasteiger partial charge in [-0.1, -0.05) is 20.8 Å². The Bertz CT molecular complexity index is 162. The van der Waals surface area contributed by atoms with Gasteiger partial charge >= 0.3 is 0 Å². The molecule has 0 aromatic heterocycles. The Hall–Kier alpha value is -0.120. The summed E-state index contributed by atoms with van der Waals surface area (Å²) in [5, 5.41) is 0. The topological polar surface area (TPSA) is 32.5 Å². The van der Waals surface area contributed by atoms with Gasteiger partial charge in [-0.3, -0.25) is 4.90 Å². The van der Waals surface area contributed by atoms with Gasteiger partial charge in [-0.25, -0.2) is 0 Å². The molecule has 1 fully saturated rings. The van der Waals surface area contributed by atoms with Crippen LogP contribution < -0.4 is 5.73 Å². The second-order valence-electron chi connectivity index (χ2n) is 4.99. The fourth-order valence-electron chi connectivity index (χ4n) is 2.38. The molecule has 2 N–H and O–H groups in total. The summed E-state index contributed by atoms with van der Waals surface area (Å²) in [6.45, 7) is 13.6. The number of hydrogen-bond acceptors (Lipinski definition) is 3. The van der Waals surface area contributed by atoms with Crippen LogP contribution >= 0.6 is 0 Å². The lowest BCUT2D eigenvalue weighted by molar-refractivity contribution is 0.0927. The zero-order valence-corrected chi connectivity index (χ0v) is 10.6. The van der Waals surface area contributed by atoms with Crippen LogP contribution in [-0.2, 0) is 0 Å². The largest absolute Gasteiger partial charge is 0.329 e. The van der Waals surface area contributed by atoms with E-state index in [1.54, 1.807) is 0 Å². The molecule has 1 aliphatic rings. The highest BCUT2D eigenvalue weighted by Gasteiger charge is 2.22. The molecule has 0 aromatic carbocycles. The second kappa shape index (κ2) is 6.46. The molecule has 15 heavy (non-hydrogen) atoms. The Morgan fingerprint density at radius 1 is 1.13 bits per heavy atom. The lowest BCUT2D eigenvalue weighted by atomic mass is 10.0. The van der Waals surface area contributed by atoms with Gasteiger partial charge in [0.1, 0.15) is 0 Å².